The van der Waals surface area contributed by atoms with Crippen LogP contribution in [0.25, 0.3) is 0 Å². The highest BCUT2D eigenvalue weighted by Gasteiger charge is 2.35. The maximum absolute atomic E-state index is 11.9. The van der Waals surface area contributed by atoms with Gasteiger partial charge in [0.2, 0.25) is 5.91 Å². The summed E-state index contributed by atoms with van der Waals surface area (Å²) >= 11 is 0. The van der Waals surface area contributed by atoms with Gasteiger partial charge in [-0.15, -0.1) is 0 Å². The van der Waals surface area contributed by atoms with Crippen LogP contribution in [0.3, 0.4) is 0 Å². The number of carbonyl (C=O) groups excluding carboxylic acids is 1. The third-order valence-corrected chi connectivity index (χ3v) is 3.94. The van der Waals surface area contributed by atoms with Crippen LogP contribution in [-0.4, -0.2) is 71.9 Å². The molecule has 0 unspecified atom stereocenters. The second-order valence-corrected chi connectivity index (χ2v) is 5.62. The van der Waals surface area contributed by atoms with Crippen LogP contribution in [0.15, 0.2) is 12.4 Å². The van der Waals surface area contributed by atoms with Crippen molar-refractivity contribution in [2.24, 2.45) is 7.05 Å². The van der Waals surface area contributed by atoms with Crippen LogP contribution in [0.2, 0.25) is 0 Å². The van der Waals surface area contributed by atoms with Crippen molar-refractivity contribution in [2.75, 3.05) is 34.3 Å². The van der Waals surface area contributed by atoms with Gasteiger partial charge in [-0.05, 0) is 18.4 Å². The predicted molar refractivity (Wildman–Crippen MR) is 76.4 cm³/mol. The van der Waals surface area contributed by atoms with E-state index in [0.717, 1.165) is 19.4 Å². The van der Waals surface area contributed by atoms with Gasteiger partial charge in [-0.3, -0.25) is 14.4 Å². The van der Waals surface area contributed by atoms with Crippen molar-refractivity contribution in [3.05, 3.63) is 18.0 Å². The lowest BCUT2D eigenvalue weighted by Gasteiger charge is -2.27. The Morgan fingerprint density at radius 3 is 2.85 bits per heavy atom. The van der Waals surface area contributed by atoms with Crippen LogP contribution >= 0.6 is 0 Å². The molecule has 1 saturated heterocycles. The van der Waals surface area contributed by atoms with Crippen molar-refractivity contribution in [3.8, 4) is 0 Å². The summed E-state index contributed by atoms with van der Waals surface area (Å²) in [6.45, 7) is 1.36. The van der Waals surface area contributed by atoms with E-state index in [-0.39, 0.29) is 18.1 Å². The van der Waals surface area contributed by atoms with Gasteiger partial charge in [0.05, 0.1) is 18.8 Å². The summed E-state index contributed by atoms with van der Waals surface area (Å²) in [6.07, 6.45) is 5.94. The molecule has 1 aromatic rings. The Labute approximate surface area is 120 Å². The first-order valence-corrected chi connectivity index (χ1v) is 6.95. The molecule has 1 aromatic heterocycles. The number of aromatic nitrogens is 2. The van der Waals surface area contributed by atoms with Gasteiger partial charge >= 0.3 is 0 Å². The van der Waals surface area contributed by atoms with E-state index in [0.29, 0.717) is 6.54 Å². The van der Waals surface area contributed by atoms with Gasteiger partial charge in [-0.2, -0.15) is 5.10 Å². The zero-order valence-electron chi connectivity index (χ0n) is 12.7. The lowest BCUT2D eigenvalue weighted by atomic mass is 10.0. The molecule has 6 nitrogen and oxygen atoms in total. The van der Waals surface area contributed by atoms with E-state index >= 15 is 0 Å². The number of methoxy groups -OCH3 is 1. The minimum absolute atomic E-state index is 0.137. The molecule has 0 N–H and O–H groups in total. The molecular formula is C14H24N4O2. The van der Waals surface area contributed by atoms with Crippen LogP contribution in [-0.2, 0) is 23.0 Å². The molecule has 0 radical (unpaired) electrons. The first-order chi connectivity index (χ1) is 9.51. The van der Waals surface area contributed by atoms with Crippen LogP contribution in [0, 0.1) is 0 Å². The highest BCUT2D eigenvalue weighted by atomic mass is 16.5. The molecule has 1 aliphatic rings. The Kier molecular flexibility index (Phi) is 4.77. The molecule has 0 bridgehead atoms. The highest BCUT2D eigenvalue weighted by Crippen LogP contribution is 2.23. The Balaban J connectivity index is 2.05. The van der Waals surface area contributed by atoms with Gasteiger partial charge in [-0.1, -0.05) is 0 Å². The van der Waals surface area contributed by atoms with Crippen molar-refractivity contribution in [2.45, 2.75) is 25.0 Å². The number of rotatable bonds is 5. The molecule has 0 spiro atoms. The van der Waals surface area contributed by atoms with Crippen LogP contribution in [0.5, 0.6) is 0 Å². The third-order valence-electron chi connectivity index (χ3n) is 3.94. The van der Waals surface area contributed by atoms with Crippen molar-refractivity contribution in [1.82, 2.24) is 19.6 Å². The Hall–Kier alpha value is -1.40. The van der Waals surface area contributed by atoms with Gasteiger partial charge in [0.25, 0.3) is 0 Å². The number of aryl methyl sites for hydroxylation is 1. The monoisotopic (exact) mass is 280 g/mol. The number of ether oxygens (including phenoxy) is 1. The molecule has 20 heavy (non-hydrogen) atoms. The second kappa shape index (κ2) is 6.37. The van der Waals surface area contributed by atoms with Crippen molar-refractivity contribution in [1.29, 1.82) is 0 Å². The first kappa shape index (κ1) is 15.0. The molecule has 1 aliphatic heterocycles. The summed E-state index contributed by atoms with van der Waals surface area (Å²) in [6, 6.07) is 0.244. The van der Waals surface area contributed by atoms with E-state index in [2.05, 4.69) is 10.00 Å². The molecule has 1 fully saturated rings. The fourth-order valence-electron chi connectivity index (χ4n) is 2.75. The first-order valence-electron chi connectivity index (χ1n) is 6.95. The number of hydrogen-bond acceptors (Lipinski definition) is 4. The quantitative estimate of drug-likeness (QED) is 0.770. The van der Waals surface area contributed by atoms with Crippen LogP contribution in [0.4, 0.5) is 0 Å². The molecule has 2 heterocycles. The summed E-state index contributed by atoms with van der Waals surface area (Å²) in [7, 11) is 7.25. The van der Waals surface area contributed by atoms with E-state index in [1.807, 2.05) is 19.4 Å². The van der Waals surface area contributed by atoms with Crippen molar-refractivity contribution in [3.63, 3.8) is 0 Å². The Bertz CT molecular complexity index is 458. The van der Waals surface area contributed by atoms with Gasteiger partial charge < -0.3 is 9.64 Å². The highest BCUT2D eigenvalue weighted by molar-refractivity contribution is 5.77. The normalized spacial score (nSPS) is 23.2. The fraction of sp³-hybridized carbons (Fsp3) is 0.714. The maximum atomic E-state index is 11.9. The average molecular weight is 280 g/mol. The van der Waals surface area contributed by atoms with Crippen molar-refractivity contribution < 1.29 is 9.53 Å². The lowest BCUT2D eigenvalue weighted by Crippen LogP contribution is -2.43. The number of likely N-dealkylation sites (tertiary alicyclic amines) is 1. The summed E-state index contributed by atoms with van der Waals surface area (Å²) in [5.41, 5.74) is 1.18. The van der Waals surface area contributed by atoms with E-state index in [4.69, 9.17) is 4.74 Å². The van der Waals surface area contributed by atoms with Crippen LogP contribution < -0.4 is 0 Å². The largest absolute Gasteiger partial charge is 0.380 e. The molecule has 0 aromatic carbocycles. The zero-order valence-corrected chi connectivity index (χ0v) is 12.7. The SMILES string of the molecule is CO[C@@H]1CCN(CC(=O)N(C)C)[C@H]1Cc1cnn(C)c1. The average Bonchev–Trinajstić information content (AvgIpc) is 2.97. The van der Waals surface area contributed by atoms with E-state index in [9.17, 15) is 4.79 Å². The summed E-state index contributed by atoms with van der Waals surface area (Å²) in [5, 5.41) is 4.21. The lowest BCUT2D eigenvalue weighted by molar-refractivity contribution is -0.130. The molecule has 112 valence electrons. The zero-order chi connectivity index (χ0) is 14.7. The van der Waals surface area contributed by atoms with Gasteiger partial charge in [0.1, 0.15) is 0 Å². The number of amides is 1. The molecular weight excluding hydrogens is 256 g/mol. The van der Waals surface area contributed by atoms with E-state index < -0.39 is 0 Å². The minimum atomic E-state index is 0.137. The minimum Gasteiger partial charge on any atom is -0.380 e. The molecule has 1 amide bonds. The number of carbonyl (C=O) groups is 1. The third kappa shape index (κ3) is 3.37. The predicted octanol–water partition coefficient (Wildman–Crippen LogP) is 0.140. The molecule has 0 aliphatic carbocycles. The standard InChI is InChI=1S/C14H24N4O2/c1-16(2)14(19)10-18-6-5-13(20-4)12(18)7-11-8-15-17(3)9-11/h8-9,12-13H,5-7,10H2,1-4H3/t12-,13+/m0/s1. The van der Waals surface area contributed by atoms with Gasteiger partial charge in [-0.25, -0.2) is 0 Å². The Morgan fingerprint density at radius 1 is 1.55 bits per heavy atom. The summed E-state index contributed by atoms with van der Waals surface area (Å²) in [5.74, 6) is 0.137. The number of likely N-dealkylation sites (N-methyl/N-ethyl adjacent to an activating group) is 1. The second-order valence-electron chi connectivity index (χ2n) is 5.62. The number of hydrogen-bond donors (Lipinski definition) is 0. The van der Waals surface area contributed by atoms with Crippen molar-refractivity contribution >= 4 is 5.91 Å². The summed E-state index contributed by atoms with van der Waals surface area (Å²) in [4.78, 5) is 15.8. The fourth-order valence-corrected chi connectivity index (χ4v) is 2.75. The number of nitrogens with zero attached hydrogens (tertiary/aromatic N) is 4. The van der Waals surface area contributed by atoms with Crippen LogP contribution in [0.1, 0.15) is 12.0 Å². The van der Waals surface area contributed by atoms with E-state index in [1.54, 1.807) is 30.8 Å². The maximum Gasteiger partial charge on any atom is 0.236 e. The van der Waals surface area contributed by atoms with Gasteiger partial charge in [0.15, 0.2) is 0 Å². The van der Waals surface area contributed by atoms with E-state index in [1.165, 1.54) is 5.56 Å². The molecule has 2 atom stereocenters. The smallest absolute Gasteiger partial charge is 0.236 e. The molecule has 2 rings (SSSR count). The topological polar surface area (TPSA) is 50.6 Å². The Morgan fingerprint density at radius 2 is 2.30 bits per heavy atom. The molecule has 0 saturated carbocycles. The molecule has 6 heteroatoms. The van der Waals surface area contributed by atoms with Gasteiger partial charge in [0, 0.05) is 47.0 Å². The summed E-state index contributed by atoms with van der Waals surface area (Å²) < 4.78 is 7.39.